The van der Waals surface area contributed by atoms with Crippen molar-refractivity contribution in [3.8, 4) is 0 Å². The van der Waals surface area contributed by atoms with Crippen molar-refractivity contribution in [2.75, 3.05) is 0 Å². The fourth-order valence-electron chi connectivity index (χ4n) is 2.13. The summed E-state index contributed by atoms with van der Waals surface area (Å²) in [6.07, 6.45) is 4.80. The number of ketones is 1. The molecular formula is C12H17NO2. The predicted octanol–water partition coefficient (Wildman–Crippen LogP) is 2.26. The van der Waals surface area contributed by atoms with E-state index in [1.54, 1.807) is 6.92 Å². The van der Waals surface area contributed by atoms with E-state index < -0.39 is 0 Å². The molecule has 1 aliphatic heterocycles. The molecule has 82 valence electrons. The summed E-state index contributed by atoms with van der Waals surface area (Å²) in [6, 6.07) is 3.77. The Bertz CT molecular complexity index is 356. The van der Waals surface area contributed by atoms with E-state index in [9.17, 15) is 4.79 Å². The van der Waals surface area contributed by atoms with Crippen LogP contribution in [0.4, 0.5) is 0 Å². The van der Waals surface area contributed by atoms with Crippen LogP contribution in [-0.4, -0.2) is 22.6 Å². The Morgan fingerprint density at radius 2 is 2.40 bits per heavy atom. The van der Waals surface area contributed by atoms with E-state index in [4.69, 9.17) is 4.74 Å². The Hall–Kier alpha value is -1.09. The standard InChI is InChI=1S/C12H17NO2/c1-9-5-6-11(15-9)8-13-7-3-4-12(13)10(2)14/h3-4,7,9,11H,5-6,8H2,1-2H3. The van der Waals surface area contributed by atoms with Crippen LogP contribution >= 0.6 is 0 Å². The minimum Gasteiger partial charge on any atom is -0.373 e. The van der Waals surface area contributed by atoms with Gasteiger partial charge in [0.05, 0.1) is 17.9 Å². The number of ether oxygens (including phenoxy) is 1. The smallest absolute Gasteiger partial charge is 0.176 e. The first-order valence-corrected chi connectivity index (χ1v) is 5.48. The predicted molar refractivity (Wildman–Crippen MR) is 58.0 cm³/mol. The van der Waals surface area contributed by atoms with E-state index >= 15 is 0 Å². The van der Waals surface area contributed by atoms with Gasteiger partial charge in [0, 0.05) is 19.7 Å². The van der Waals surface area contributed by atoms with Crippen LogP contribution in [0.5, 0.6) is 0 Å². The number of aromatic nitrogens is 1. The van der Waals surface area contributed by atoms with Gasteiger partial charge in [-0.3, -0.25) is 4.79 Å². The van der Waals surface area contributed by atoms with Crippen LogP contribution in [0, 0.1) is 0 Å². The molecule has 1 fully saturated rings. The third kappa shape index (κ3) is 2.29. The molecule has 2 atom stereocenters. The summed E-state index contributed by atoms with van der Waals surface area (Å²) in [7, 11) is 0. The molecule has 0 N–H and O–H groups in total. The molecule has 1 saturated heterocycles. The van der Waals surface area contributed by atoms with Crippen molar-refractivity contribution in [3.05, 3.63) is 24.0 Å². The van der Waals surface area contributed by atoms with Gasteiger partial charge in [-0.25, -0.2) is 0 Å². The van der Waals surface area contributed by atoms with Crippen molar-refractivity contribution in [2.24, 2.45) is 0 Å². The second-order valence-electron chi connectivity index (χ2n) is 4.25. The van der Waals surface area contributed by atoms with E-state index in [0.717, 1.165) is 25.1 Å². The molecule has 0 aliphatic carbocycles. The zero-order valence-corrected chi connectivity index (χ0v) is 9.27. The van der Waals surface area contributed by atoms with Crippen LogP contribution in [0.3, 0.4) is 0 Å². The van der Waals surface area contributed by atoms with Crippen molar-refractivity contribution in [1.29, 1.82) is 0 Å². The largest absolute Gasteiger partial charge is 0.373 e. The molecule has 2 rings (SSSR count). The first-order valence-electron chi connectivity index (χ1n) is 5.48. The highest BCUT2D eigenvalue weighted by atomic mass is 16.5. The molecule has 0 spiro atoms. The number of hydrogen-bond acceptors (Lipinski definition) is 2. The van der Waals surface area contributed by atoms with Crippen LogP contribution in [0.2, 0.25) is 0 Å². The summed E-state index contributed by atoms with van der Waals surface area (Å²) < 4.78 is 7.73. The lowest BCUT2D eigenvalue weighted by Gasteiger charge is -2.13. The minimum absolute atomic E-state index is 0.117. The fourth-order valence-corrected chi connectivity index (χ4v) is 2.13. The molecule has 2 heterocycles. The summed E-state index contributed by atoms with van der Waals surface area (Å²) in [5.74, 6) is 0.117. The third-order valence-electron chi connectivity index (χ3n) is 2.91. The van der Waals surface area contributed by atoms with Crippen LogP contribution in [-0.2, 0) is 11.3 Å². The summed E-state index contributed by atoms with van der Waals surface area (Å²) in [6.45, 7) is 4.50. The number of hydrogen-bond donors (Lipinski definition) is 0. The topological polar surface area (TPSA) is 31.2 Å². The van der Waals surface area contributed by atoms with E-state index in [0.29, 0.717) is 6.10 Å². The van der Waals surface area contributed by atoms with Crippen molar-refractivity contribution in [2.45, 2.75) is 45.4 Å². The van der Waals surface area contributed by atoms with Gasteiger partial charge < -0.3 is 9.30 Å². The van der Waals surface area contributed by atoms with Gasteiger partial charge in [0.25, 0.3) is 0 Å². The lowest BCUT2D eigenvalue weighted by atomic mass is 10.2. The molecule has 0 radical (unpaired) electrons. The Balaban J connectivity index is 2.04. The van der Waals surface area contributed by atoms with E-state index in [1.165, 1.54) is 0 Å². The van der Waals surface area contributed by atoms with Gasteiger partial charge in [0.1, 0.15) is 0 Å². The van der Waals surface area contributed by atoms with Gasteiger partial charge in [-0.05, 0) is 31.9 Å². The highest BCUT2D eigenvalue weighted by Crippen LogP contribution is 2.21. The SMILES string of the molecule is CC(=O)c1cccn1CC1CCC(C)O1. The molecule has 0 bridgehead atoms. The van der Waals surface area contributed by atoms with Crippen LogP contribution in [0.25, 0.3) is 0 Å². The van der Waals surface area contributed by atoms with Gasteiger partial charge in [0.2, 0.25) is 0 Å². The van der Waals surface area contributed by atoms with E-state index in [-0.39, 0.29) is 11.9 Å². The van der Waals surface area contributed by atoms with Crippen LogP contribution in [0.1, 0.15) is 37.2 Å². The molecular weight excluding hydrogens is 190 g/mol. The van der Waals surface area contributed by atoms with Crippen LogP contribution in [0.15, 0.2) is 18.3 Å². The summed E-state index contributed by atoms with van der Waals surface area (Å²) in [4.78, 5) is 11.3. The Kier molecular flexibility index (Phi) is 2.91. The quantitative estimate of drug-likeness (QED) is 0.712. The number of carbonyl (C=O) groups excluding carboxylic acids is 1. The molecule has 15 heavy (non-hydrogen) atoms. The Labute approximate surface area is 90.0 Å². The van der Waals surface area contributed by atoms with E-state index in [1.807, 2.05) is 22.9 Å². The molecule has 3 heteroatoms. The Morgan fingerprint density at radius 1 is 1.60 bits per heavy atom. The molecule has 1 aromatic rings. The summed E-state index contributed by atoms with van der Waals surface area (Å²) in [5.41, 5.74) is 0.776. The molecule has 0 saturated carbocycles. The zero-order chi connectivity index (χ0) is 10.8. The molecule has 1 aromatic heterocycles. The first-order chi connectivity index (χ1) is 7.16. The van der Waals surface area contributed by atoms with Gasteiger partial charge in [0.15, 0.2) is 5.78 Å². The molecule has 0 amide bonds. The zero-order valence-electron chi connectivity index (χ0n) is 9.27. The lowest BCUT2D eigenvalue weighted by molar-refractivity contribution is 0.0454. The molecule has 0 aromatic carbocycles. The van der Waals surface area contributed by atoms with Crippen molar-refractivity contribution >= 4 is 5.78 Å². The fraction of sp³-hybridized carbons (Fsp3) is 0.583. The second-order valence-corrected chi connectivity index (χ2v) is 4.25. The second kappa shape index (κ2) is 4.19. The minimum atomic E-state index is 0.117. The maximum Gasteiger partial charge on any atom is 0.176 e. The number of Topliss-reactive ketones (excluding diaryl/α,β-unsaturated/α-hetero) is 1. The molecule has 1 aliphatic rings. The number of rotatable bonds is 3. The average Bonchev–Trinajstić information content (AvgIpc) is 2.75. The summed E-state index contributed by atoms with van der Waals surface area (Å²) >= 11 is 0. The number of carbonyl (C=O) groups is 1. The van der Waals surface area contributed by atoms with Crippen LogP contribution < -0.4 is 0 Å². The summed E-state index contributed by atoms with van der Waals surface area (Å²) in [5, 5.41) is 0. The monoisotopic (exact) mass is 207 g/mol. The number of nitrogens with zero attached hydrogens (tertiary/aromatic N) is 1. The third-order valence-corrected chi connectivity index (χ3v) is 2.91. The average molecular weight is 207 g/mol. The lowest BCUT2D eigenvalue weighted by Crippen LogP contribution is -2.18. The van der Waals surface area contributed by atoms with Crippen molar-refractivity contribution < 1.29 is 9.53 Å². The van der Waals surface area contributed by atoms with Gasteiger partial charge in [-0.1, -0.05) is 0 Å². The van der Waals surface area contributed by atoms with Crippen molar-refractivity contribution in [1.82, 2.24) is 4.57 Å². The highest BCUT2D eigenvalue weighted by molar-refractivity contribution is 5.92. The first kappa shape index (κ1) is 10.4. The Morgan fingerprint density at radius 3 is 3.00 bits per heavy atom. The molecule has 3 nitrogen and oxygen atoms in total. The van der Waals surface area contributed by atoms with E-state index in [2.05, 4.69) is 6.92 Å². The highest BCUT2D eigenvalue weighted by Gasteiger charge is 2.22. The molecule has 2 unspecified atom stereocenters. The van der Waals surface area contributed by atoms with Gasteiger partial charge in [-0.2, -0.15) is 0 Å². The maximum atomic E-state index is 11.3. The normalized spacial score (nSPS) is 25.7. The van der Waals surface area contributed by atoms with Gasteiger partial charge in [-0.15, -0.1) is 0 Å². The maximum absolute atomic E-state index is 11.3. The van der Waals surface area contributed by atoms with Crippen molar-refractivity contribution in [3.63, 3.8) is 0 Å². The van der Waals surface area contributed by atoms with Gasteiger partial charge >= 0.3 is 0 Å².